The monoisotopic (exact) mass is 307 g/mol. The van der Waals surface area contributed by atoms with E-state index in [0.717, 1.165) is 5.56 Å². The Labute approximate surface area is 129 Å². The van der Waals surface area contributed by atoms with Crippen LogP contribution in [0.2, 0.25) is 0 Å². The van der Waals surface area contributed by atoms with Gasteiger partial charge in [0, 0.05) is 20.1 Å². The highest BCUT2D eigenvalue weighted by molar-refractivity contribution is 5.86. The van der Waals surface area contributed by atoms with Crippen LogP contribution in [0.5, 0.6) is 5.75 Å². The van der Waals surface area contributed by atoms with Crippen LogP contribution in [0.25, 0.3) is 0 Å². The molecule has 0 spiro atoms. The van der Waals surface area contributed by atoms with Crippen LogP contribution >= 0.6 is 0 Å². The van der Waals surface area contributed by atoms with Crippen molar-refractivity contribution in [1.82, 2.24) is 4.90 Å². The number of methoxy groups -OCH3 is 3. The van der Waals surface area contributed by atoms with Crippen LogP contribution in [0.3, 0.4) is 0 Å². The van der Waals surface area contributed by atoms with Crippen LogP contribution in [-0.2, 0) is 25.5 Å². The minimum absolute atomic E-state index is 0.122. The number of hydrogen-bond acceptors (Lipinski definition) is 5. The zero-order valence-corrected chi connectivity index (χ0v) is 13.1. The van der Waals surface area contributed by atoms with Crippen molar-refractivity contribution in [1.29, 1.82) is 0 Å². The molecule has 0 bridgehead atoms. The summed E-state index contributed by atoms with van der Waals surface area (Å²) in [6, 6.07) is 6.75. The van der Waals surface area contributed by atoms with Gasteiger partial charge in [0.1, 0.15) is 11.8 Å². The van der Waals surface area contributed by atoms with Crippen molar-refractivity contribution in [2.24, 2.45) is 0 Å². The first kappa shape index (κ1) is 16.3. The van der Waals surface area contributed by atoms with Gasteiger partial charge in [-0.1, -0.05) is 12.1 Å². The number of carbonyl (C=O) groups excluding carboxylic acids is 2. The average Bonchev–Trinajstić information content (AvgIpc) is 2.98. The topological polar surface area (TPSA) is 65.1 Å². The van der Waals surface area contributed by atoms with E-state index in [0.29, 0.717) is 18.7 Å². The molecule has 1 aromatic rings. The third kappa shape index (κ3) is 3.57. The molecule has 22 heavy (non-hydrogen) atoms. The molecule has 2 rings (SSSR count). The molecule has 1 aliphatic rings. The van der Waals surface area contributed by atoms with Crippen LogP contribution in [0, 0.1) is 0 Å². The Morgan fingerprint density at radius 1 is 1.27 bits per heavy atom. The molecule has 1 saturated heterocycles. The molecule has 0 saturated carbocycles. The molecule has 1 aliphatic heterocycles. The number of ether oxygens (including phenoxy) is 3. The smallest absolute Gasteiger partial charge is 0.328 e. The van der Waals surface area contributed by atoms with Gasteiger partial charge in [-0.2, -0.15) is 0 Å². The fourth-order valence-electron chi connectivity index (χ4n) is 2.66. The molecule has 0 radical (unpaired) electrons. The fourth-order valence-corrected chi connectivity index (χ4v) is 2.66. The zero-order chi connectivity index (χ0) is 16.1. The molecular formula is C16H21NO5. The Balaban J connectivity index is 2.10. The third-order valence-corrected chi connectivity index (χ3v) is 3.88. The lowest BCUT2D eigenvalue weighted by molar-refractivity contribution is -0.150. The predicted molar refractivity (Wildman–Crippen MR) is 79.6 cm³/mol. The summed E-state index contributed by atoms with van der Waals surface area (Å²) >= 11 is 0. The molecule has 1 heterocycles. The lowest BCUT2D eigenvalue weighted by atomic mass is 10.1. The second-order valence-corrected chi connectivity index (χ2v) is 5.21. The number of rotatable bonds is 5. The second-order valence-electron chi connectivity index (χ2n) is 5.21. The quantitative estimate of drug-likeness (QED) is 0.760. The lowest BCUT2D eigenvalue weighted by Crippen LogP contribution is -2.42. The Kier molecular flexibility index (Phi) is 5.38. The number of benzene rings is 1. The summed E-state index contributed by atoms with van der Waals surface area (Å²) in [7, 11) is 4.49. The van der Waals surface area contributed by atoms with Crippen molar-refractivity contribution in [3.8, 4) is 5.75 Å². The van der Waals surface area contributed by atoms with Crippen molar-refractivity contribution < 1.29 is 23.8 Å². The lowest BCUT2D eigenvalue weighted by Gasteiger charge is -2.22. The van der Waals surface area contributed by atoms with Gasteiger partial charge in [0.2, 0.25) is 5.91 Å². The predicted octanol–water partition coefficient (Wildman–Crippen LogP) is 1.03. The van der Waals surface area contributed by atoms with Crippen molar-refractivity contribution in [2.75, 3.05) is 27.9 Å². The van der Waals surface area contributed by atoms with Gasteiger partial charge in [0.15, 0.2) is 0 Å². The molecule has 1 aromatic carbocycles. The molecule has 0 aliphatic carbocycles. The number of amides is 1. The van der Waals surface area contributed by atoms with Gasteiger partial charge in [-0.3, -0.25) is 4.79 Å². The summed E-state index contributed by atoms with van der Waals surface area (Å²) in [5, 5.41) is 0. The van der Waals surface area contributed by atoms with Crippen LogP contribution in [-0.4, -0.2) is 56.8 Å². The maximum Gasteiger partial charge on any atom is 0.328 e. The highest BCUT2D eigenvalue weighted by atomic mass is 16.5. The highest BCUT2D eigenvalue weighted by Gasteiger charge is 2.40. The van der Waals surface area contributed by atoms with E-state index in [1.165, 1.54) is 7.11 Å². The Morgan fingerprint density at radius 2 is 2.05 bits per heavy atom. The van der Waals surface area contributed by atoms with Gasteiger partial charge in [-0.25, -0.2) is 4.79 Å². The molecular weight excluding hydrogens is 286 g/mol. The molecule has 1 fully saturated rings. The van der Waals surface area contributed by atoms with E-state index in [1.54, 1.807) is 19.1 Å². The fraction of sp³-hybridized carbons (Fsp3) is 0.500. The molecule has 0 aromatic heterocycles. The maximum absolute atomic E-state index is 12.5. The zero-order valence-electron chi connectivity index (χ0n) is 13.1. The number of nitrogens with zero attached hydrogens (tertiary/aromatic N) is 1. The van der Waals surface area contributed by atoms with Gasteiger partial charge in [-0.05, 0) is 17.7 Å². The minimum Gasteiger partial charge on any atom is -0.497 e. The van der Waals surface area contributed by atoms with Crippen LogP contribution in [0.4, 0.5) is 0 Å². The van der Waals surface area contributed by atoms with Crippen LogP contribution in [0.1, 0.15) is 12.0 Å². The summed E-state index contributed by atoms with van der Waals surface area (Å²) in [5.74, 6) is 0.174. The van der Waals surface area contributed by atoms with Crippen molar-refractivity contribution in [3.63, 3.8) is 0 Å². The Bertz CT molecular complexity index is 545. The number of carbonyl (C=O) groups is 2. The minimum atomic E-state index is -0.576. The van der Waals surface area contributed by atoms with E-state index in [-0.39, 0.29) is 18.4 Å². The van der Waals surface area contributed by atoms with Crippen molar-refractivity contribution >= 4 is 11.9 Å². The molecule has 6 heteroatoms. The van der Waals surface area contributed by atoms with Crippen LogP contribution in [0.15, 0.2) is 24.3 Å². The van der Waals surface area contributed by atoms with Gasteiger partial charge in [0.25, 0.3) is 0 Å². The summed E-state index contributed by atoms with van der Waals surface area (Å²) in [4.78, 5) is 25.9. The Morgan fingerprint density at radius 3 is 2.68 bits per heavy atom. The average molecular weight is 307 g/mol. The van der Waals surface area contributed by atoms with E-state index in [9.17, 15) is 9.59 Å². The largest absolute Gasteiger partial charge is 0.497 e. The SMILES string of the molecule is COC(=O)[C@@H]1C[C@@H](OC)CN1C(=O)Cc1cccc(OC)c1. The highest BCUT2D eigenvalue weighted by Crippen LogP contribution is 2.23. The molecule has 0 N–H and O–H groups in total. The first-order valence-electron chi connectivity index (χ1n) is 7.12. The first-order chi connectivity index (χ1) is 10.6. The van der Waals surface area contributed by atoms with E-state index in [4.69, 9.17) is 14.2 Å². The number of hydrogen-bond donors (Lipinski definition) is 0. The van der Waals surface area contributed by atoms with Gasteiger partial charge >= 0.3 is 5.97 Å². The number of likely N-dealkylation sites (tertiary alicyclic amines) is 1. The first-order valence-corrected chi connectivity index (χ1v) is 7.12. The standard InChI is InChI=1S/C16H21NO5/c1-20-12-6-4-5-11(7-12)8-15(18)17-10-13(21-2)9-14(17)16(19)22-3/h4-7,13-14H,8-10H2,1-3H3/t13-,14+/m1/s1. The Hall–Kier alpha value is -2.08. The molecule has 2 atom stereocenters. The van der Waals surface area contributed by atoms with E-state index in [2.05, 4.69) is 0 Å². The summed E-state index contributed by atoms with van der Waals surface area (Å²) in [5.41, 5.74) is 0.842. The normalized spacial score (nSPS) is 20.8. The second kappa shape index (κ2) is 7.26. The summed E-state index contributed by atoms with van der Waals surface area (Å²) in [6.07, 6.45) is 0.534. The number of esters is 1. The third-order valence-electron chi connectivity index (χ3n) is 3.88. The maximum atomic E-state index is 12.5. The molecule has 0 unspecified atom stereocenters. The summed E-state index contributed by atoms with van der Waals surface area (Å²) in [6.45, 7) is 0.402. The summed E-state index contributed by atoms with van der Waals surface area (Å²) < 4.78 is 15.2. The van der Waals surface area contributed by atoms with Crippen molar-refractivity contribution in [2.45, 2.75) is 25.0 Å². The van der Waals surface area contributed by atoms with Gasteiger partial charge < -0.3 is 19.1 Å². The van der Waals surface area contributed by atoms with Gasteiger partial charge in [-0.15, -0.1) is 0 Å². The van der Waals surface area contributed by atoms with Gasteiger partial charge in [0.05, 0.1) is 26.7 Å². The molecule has 120 valence electrons. The van der Waals surface area contributed by atoms with E-state index >= 15 is 0 Å². The van der Waals surface area contributed by atoms with Crippen LogP contribution < -0.4 is 4.74 Å². The van der Waals surface area contributed by atoms with E-state index < -0.39 is 12.0 Å². The van der Waals surface area contributed by atoms with Crippen molar-refractivity contribution in [3.05, 3.63) is 29.8 Å². The van der Waals surface area contributed by atoms with E-state index in [1.807, 2.05) is 24.3 Å². The molecule has 6 nitrogen and oxygen atoms in total. The molecule has 1 amide bonds.